The van der Waals surface area contributed by atoms with E-state index in [0.29, 0.717) is 34.5 Å². The van der Waals surface area contributed by atoms with Crippen LogP contribution in [-0.4, -0.2) is 35.1 Å². The van der Waals surface area contributed by atoms with Crippen molar-refractivity contribution in [1.82, 2.24) is 15.2 Å². The van der Waals surface area contributed by atoms with Gasteiger partial charge in [-0.05, 0) is 38.1 Å². The molecule has 0 bridgehead atoms. The normalized spacial score (nSPS) is 10.9. The van der Waals surface area contributed by atoms with Crippen molar-refractivity contribution < 1.29 is 14.3 Å². The molecule has 0 unspecified atom stereocenters. The van der Waals surface area contributed by atoms with Crippen LogP contribution < -0.4 is 14.9 Å². The molecule has 0 aliphatic carbocycles. The number of nitrogens with zero attached hydrogens (tertiary/aromatic N) is 3. The first-order valence-electron chi connectivity index (χ1n) is 9.07. The van der Waals surface area contributed by atoms with E-state index >= 15 is 0 Å². The fourth-order valence-electron chi connectivity index (χ4n) is 2.59. The largest absolute Gasteiger partial charge is 0.490 e. The number of aromatic nitrogens is 2. The summed E-state index contributed by atoms with van der Waals surface area (Å²) in [6, 6.07) is 16.7. The van der Waals surface area contributed by atoms with E-state index < -0.39 is 5.91 Å². The minimum Gasteiger partial charge on any atom is -0.490 e. The van der Waals surface area contributed by atoms with Crippen LogP contribution in [0.15, 0.2) is 59.7 Å². The first-order chi connectivity index (χ1) is 14.1. The summed E-state index contributed by atoms with van der Waals surface area (Å²) >= 11 is 6.43. The molecule has 2 aromatic carbocycles. The molecule has 0 atom stereocenters. The first-order valence-corrected chi connectivity index (χ1v) is 9.45. The number of carbonyl (C=O) groups is 1. The van der Waals surface area contributed by atoms with Crippen LogP contribution in [0.5, 0.6) is 11.5 Å². The Bertz CT molecular complexity index is 1000. The van der Waals surface area contributed by atoms with E-state index in [1.807, 2.05) is 56.3 Å². The van der Waals surface area contributed by atoms with Gasteiger partial charge in [0.15, 0.2) is 18.1 Å². The van der Waals surface area contributed by atoms with Crippen LogP contribution >= 0.6 is 11.6 Å². The molecule has 1 heterocycles. The van der Waals surface area contributed by atoms with Crippen LogP contribution in [0.3, 0.4) is 0 Å². The quantitative estimate of drug-likeness (QED) is 0.451. The summed E-state index contributed by atoms with van der Waals surface area (Å²) in [4.78, 5) is 12.0. The maximum atomic E-state index is 12.0. The Kier molecular flexibility index (Phi) is 6.86. The van der Waals surface area contributed by atoms with Crippen molar-refractivity contribution >= 4 is 23.7 Å². The van der Waals surface area contributed by atoms with Crippen LogP contribution in [0.2, 0.25) is 5.15 Å². The third-order valence-electron chi connectivity index (χ3n) is 3.94. The predicted molar refractivity (Wildman–Crippen MR) is 112 cm³/mol. The molecule has 0 saturated heterocycles. The number of hydrazone groups is 1. The fraction of sp³-hybridized carbons (Fsp3) is 0.190. The highest BCUT2D eigenvalue weighted by Gasteiger charge is 2.13. The summed E-state index contributed by atoms with van der Waals surface area (Å²) in [5.74, 6) is 0.676. The fourth-order valence-corrected chi connectivity index (χ4v) is 2.91. The van der Waals surface area contributed by atoms with E-state index in [0.717, 1.165) is 5.69 Å². The van der Waals surface area contributed by atoms with E-state index in [-0.39, 0.29) is 6.61 Å². The van der Waals surface area contributed by atoms with Gasteiger partial charge in [0.25, 0.3) is 5.91 Å². The molecule has 1 amide bonds. The molecule has 0 saturated carbocycles. The van der Waals surface area contributed by atoms with Gasteiger partial charge in [-0.15, -0.1) is 0 Å². The van der Waals surface area contributed by atoms with E-state index in [9.17, 15) is 4.79 Å². The SMILES string of the molecule is CCOc1ccccc1OCC(=O)N/N=C\c1c(C)nn(-c2ccccc2)c1Cl. The molecule has 8 heteroatoms. The Hall–Kier alpha value is -3.32. The molecule has 150 valence electrons. The molecule has 3 aromatic rings. The molecule has 0 aliphatic heterocycles. The maximum Gasteiger partial charge on any atom is 0.277 e. The van der Waals surface area contributed by atoms with Crippen molar-refractivity contribution in [2.24, 2.45) is 5.10 Å². The van der Waals surface area contributed by atoms with Crippen molar-refractivity contribution in [3.63, 3.8) is 0 Å². The van der Waals surface area contributed by atoms with Gasteiger partial charge < -0.3 is 9.47 Å². The Morgan fingerprint density at radius 3 is 2.48 bits per heavy atom. The van der Waals surface area contributed by atoms with Crippen molar-refractivity contribution in [3.8, 4) is 17.2 Å². The van der Waals surface area contributed by atoms with Crippen LogP contribution in [0.4, 0.5) is 0 Å². The highest BCUT2D eigenvalue weighted by Crippen LogP contribution is 2.26. The number of carbonyl (C=O) groups excluding carboxylic acids is 1. The van der Waals surface area contributed by atoms with Gasteiger partial charge >= 0.3 is 0 Å². The lowest BCUT2D eigenvalue weighted by molar-refractivity contribution is -0.123. The summed E-state index contributed by atoms with van der Waals surface area (Å²) in [6.45, 7) is 4.01. The summed E-state index contributed by atoms with van der Waals surface area (Å²) in [6.07, 6.45) is 1.47. The van der Waals surface area contributed by atoms with E-state index in [1.54, 1.807) is 16.8 Å². The van der Waals surface area contributed by atoms with Crippen LogP contribution in [0, 0.1) is 6.92 Å². The van der Waals surface area contributed by atoms with Crippen LogP contribution in [0.1, 0.15) is 18.2 Å². The van der Waals surface area contributed by atoms with Gasteiger partial charge in [0.05, 0.1) is 29.8 Å². The van der Waals surface area contributed by atoms with Crippen molar-refractivity contribution in [3.05, 3.63) is 71.0 Å². The Labute approximate surface area is 173 Å². The minimum atomic E-state index is -0.406. The lowest BCUT2D eigenvalue weighted by Gasteiger charge is -2.10. The molecule has 29 heavy (non-hydrogen) atoms. The molecular weight excluding hydrogens is 392 g/mol. The second-order valence-electron chi connectivity index (χ2n) is 6.00. The molecule has 1 aromatic heterocycles. The lowest BCUT2D eigenvalue weighted by atomic mass is 10.3. The second-order valence-corrected chi connectivity index (χ2v) is 6.36. The smallest absolute Gasteiger partial charge is 0.277 e. The average molecular weight is 413 g/mol. The zero-order valence-electron chi connectivity index (χ0n) is 16.1. The van der Waals surface area contributed by atoms with E-state index in [2.05, 4.69) is 15.6 Å². The molecule has 0 aliphatic rings. The molecule has 7 nitrogen and oxygen atoms in total. The Balaban J connectivity index is 1.60. The number of amides is 1. The maximum absolute atomic E-state index is 12.0. The Morgan fingerprint density at radius 1 is 1.14 bits per heavy atom. The molecule has 1 N–H and O–H groups in total. The van der Waals surface area contributed by atoms with Gasteiger partial charge in [-0.25, -0.2) is 10.1 Å². The number of aryl methyl sites for hydroxylation is 1. The van der Waals surface area contributed by atoms with Gasteiger partial charge in [-0.2, -0.15) is 10.2 Å². The van der Waals surface area contributed by atoms with Crippen LogP contribution in [0.25, 0.3) is 5.69 Å². The van der Waals surface area contributed by atoms with Gasteiger partial charge in [0.1, 0.15) is 5.15 Å². The van der Waals surface area contributed by atoms with Gasteiger partial charge in [0.2, 0.25) is 0 Å². The number of benzene rings is 2. The lowest BCUT2D eigenvalue weighted by Crippen LogP contribution is -2.24. The van der Waals surface area contributed by atoms with Gasteiger partial charge in [0, 0.05) is 0 Å². The van der Waals surface area contributed by atoms with Crippen molar-refractivity contribution in [1.29, 1.82) is 0 Å². The summed E-state index contributed by atoms with van der Waals surface area (Å²) < 4.78 is 12.6. The zero-order valence-corrected chi connectivity index (χ0v) is 16.9. The van der Waals surface area contributed by atoms with E-state index in [4.69, 9.17) is 21.1 Å². The highest BCUT2D eigenvalue weighted by atomic mass is 35.5. The van der Waals surface area contributed by atoms with E-state index in [1.165, 1.54) is 6.21 Å². The predicted octanol–water partition coefficient (Wildman–Crippen LogP) is 3.76. The topological polar surface area (TPSA) is 77.7 Å². The number of ether oxygens (including phenoxy) is 2. The summed E-state index contributed by atoms with van der Waals surface area (Å²) in [7, 11) is 0. The molecule has 0 spiro atoms. The molecule has 0 radical (unpaired) electrons. The molecular formula is C21H21ClN4O3. The Morgan fingerprint density at radius 2 is 1.79 bits per heavy atom. The van der Waals surface area contributed by atoms with Gasteiger partial charge in [-0.3, -0.25) is 4.79 Å². The number of halogens is 1. The third kappa shape index (κ3) is 5.14. The highest BCUT2D eigenvalue weighted by molar-refractivity contribution is 6.32. The first kappa shape index (κ1) is 20.4. The zero-order chi connectivity index (χ0) is 20.6. The summed E-state index contributed by atoms with van der Waals surface area (Å²) in [5.41, 5.74) is 4.58. The third-order valence-corrected chi connectivity index (χ3v) is 4.30. The summed E-state index contributed by atoms with van der Waals surface area (Å²) in [5, 5.41) is 8.80. The van der Waals surface area contributed by atoms with Gasteiger partial charge in [-0.1, -0.05) is 41.9 Å². The number of hydrogen-bond acceptors (Lipinski definition) is 5. The van der Waals surface area contributed by atoms with Crippen molar-refractivity contribution in [2.45, 2.75) is 13.8 Å². The minimum absolute atomic E-state index is 0.197. The average Bonchev–Trinajstić information content (AvgIpc) is 3.02. The monoisotopic (exact) mass is 412 g/mol. The number of nitrogens with one attached hydrogen (secondary N) is 1. The number of rotatable bonds is 8. The van der Waals surface area contributed by atoms with Crippen LogP contribution in [-0.2, 0) is 4.79 Å². The molecule has 0 fully saturated rings. The second kappa shape index (κ2) is 9.75. The standard InChI is InChI=1S/C21H21ClN4O3/c1-3-28-18-11-7-8-12-19(18)29-14-20(27)24-23-13-17-15(2)25-26(21(17)22)16-9-5-4-6-10-16/h4-13H,3,14H2,1-2H3,(H,24,27)/b23-13-. The number of hydrogen-bond donors (Lipinski definition) is 1. The molecule has 3 rings (SSSR count). The number of para-hydroxylation sites is 3. The van der Waals surface area contributed by atoms with Crippen molar-refractivity contribution in [2.75, 3.05) is 13.2 Å².